The number of aliphatic hydroxyl groups excluding tert-OH is 1. The molecule has 0 amide bonds. The van der Waals surface area contributed by atoms with Crippen molar-refractivity contribution < 1.29 is 24.2 Å². The molecule has 0 unspecified atom stereocenters. The van der Waals surface area contributed by atoms with Crippen LogP contribution < -0.4 is 0 Å². The quantitative estimate of drug-likeness (QED) is 0.0489. The first-order chi connectivity index (χ1) is 27.0. The summed E-state index contributed by atoms with van der Waals surface area (Å²) in [5.74, 6) is -0.0245. The molecule has 0 aromatic rings. The molecule has 0 atom stereocenters. The van der Waals surface area contributed by atoms with Crippen molar-refractivity contribution in [2.24, 2.45) is 10.8 Å². The Morgan fingerprint density at radius 2 is 0.929 bits per heavy atom. The molecule has 1 N–H and O–H groups in total. The monoisotopic (exact) mass is 794 g/mol. The third kappa shape index (κ3) is 34.9. The lowest BCUT2D eigenvalue weighted by Crippen LogP contribution is -2.31. The molecule has 0 saturated heterocycles. The maximum absolute atomic E-state index is 13.4. The van der Waals surface area contributed by atoms with E-state index in [4.69, 9.17) is 9.47 Å². The van der Waals surface area contributed by atoms with Gasteiger partial charge in [0, 0.05) is 13.0 Å². The number of ether oxygens (including phenoxy) is 2. The molecule has 0 aliphatic carbocycles. The van der Waals surface area contributed by atoms with Crippen molar-refractivity contribution in [3.63, 3.8) is 0 Å². The van der Waals surface area contributed by atoms with Gasteiger partial charge in [-0.05, 0) is 110 Å². The van der Waals surface area contributed by atoms with Crippen molar-refractivity contribution in [1.29, 1.82) is 0 Å². The zero-order valence-electron chi connectivity index (χ0n) is 39.0. The fourth-order valence-corrected chi connectivity index (χ4v) is 7.78. The van der Waals surface area contributed by atoms with Crippen LogP contribution in [-0.2, 0) is 19.1 Å². The predicted octanol–water partition coefficient (Wildman–Crippen LogP) is 14.7. The van der Waals surface area contributed by atoms with E-state index in [9.17, 15) is 14.7 Å². The predicted molar refractivity (Wildman–Crippen MR) is 241 cm³/mol. The Bertz CT molecular complexity index is 858. The minimum Gasteiger partial charge on any atom is -0.465 e. The van der Waals surface area contributed by atoms with Crippen molar-refractivity contribution >= 4 is 11.9 Å². The van der Waals surface area contributed by atoms with Crippen LogP contribution in [0.25, 0.3) is 0 Å². The minimum atomic E-state index is -0.434. The normalized spacial score (nSPS) is 12.2. The summed E-state index contributed by atoms with van der Waals surface area (Å²) in [6.45, 7) is 19.4. The minimum absolute atomic E-state index is 0.000457. The van der Waals surface area contributed by atoms with Gasteiger partial charge in [-0.2, -0.15) is 0 Å². The second-order valence-electron chi connectivity index (χ2n) is 19.0. The van der Waals surface area contributed by atoms with E-state index in [1.807, 2.05) is 0 Å². The van der Waals surface area contributed by atoms with E-state index in [2.05, 4.69) is 53.4 Å². The number of carbonyl (C=O) groups excluding carboxylic acids is 2. The molecule has 0 rings (SSSR count). The van der Waals surface area contributed by atoms with Crippen LogP contribution in [0.4, 0.5) is 0 Å². The molecule has 0 aromatic heterocycles. The van der Waals surface area contributed by atoms with E-state index in [0.29, 0.717) is 13.0 Å². The molecule has 6 nitrogen and oxygen atoms in total. The third-order valence-corrected chi connectivity index (χ3v) is 11.9. The molecule has 0 heterocycles. The largest absolute Gasteiger partial charge is 0.465 e. The highest BCUT2D eigenvalue weighted by Crippen LogP contribution is 2.29. The number of rotatable bonds is 43. The van der Waals surface area contributed by atoms with Gasteiger partial charge in [-0.3, -0.25) is 9.59 Å². The average molecular weight is 794 g/mol. The molecule has 334 valence electrons. The van der Waals surface area contributed by atoms with Gasteiger partial charge in [0.2, 0.25) is 0 Å². The van der Waals surface area contributed by atoms with Crippen LogP contribution in [0.1, 0.15) is 260 Å². The second-order valence-corrected chi connectivity index (χ2v) is 19.0. The van der Waals surface area contributed by atoms with Crippen LogP contribution in [0.3, 0.4) is 0 Å². The summed E-state index contributed by atoms with van der Waals surface area (Å²) < 4.78 is 12.0. The number of esters is 2. The molecule has 0 aliphatic rings. The standard InChI is InChI=1S/C50H99NO5/c1-8-11-14-17-20-21-24-29-38-47(53)55-45-49(4,5)39-31-33-42-51(43-34-35-44-52)41-32-26-25-30-40-50(6,7)48(54)56-46(36-27-22-18-15-12-9-2)37-28-23-19-16-13-10-3/h46,52H,8-45H2,1-7H3. The lowest BCUT2D eigenvalue weighted by molar-refractivity contribution is -0.161. The highest BCUT2D eigenvalue weighted by molar-refractivity contribution is 5.76. The van der Waals surface area contributed by atoms with Gasteiger partial charge >= 0.3 is 11.9 Å². The molecular weight excluding hydrogens is 695 g/mol. The molecule has 56 heavy (non-hydrogen) atoms. The lowest BCUT2D eigenvalue weighted by atomic mass is 9.86. The summed E-state index contributed by atoms with van der Waals surface area (Å²) in [5, 5.41) is 9.37. The van der Waals surface area contributed by atoms with E-state index < -0.39 is 5.41 Å². The summed E-state index contributed by atoms with van der Waals surface area (Å²) in [6, 6.07) is 0. The summed E-state index contributed by atoms with van der Waals surface area (Å²) in [7, 11) is 0. The van der Waals surface area contributed by atoms with Gasteiger partial charge in [0.25, 0.3) is 0 Å². The van der Waals surface area contributed by atoms with E-state index in [1.165, 1.54) is 128 Å². The van der Waals surface area contributed by atoms with Gasteiger partial charge in [0.15, 0.2) is 0 Å². The lowest BCUT2D eigenvalue weighted by Gasteiger charge is -2.27. The van der Waals surface area contributed by atoms with E-state index in [0.717, 1.165) is 96.7 Å². The number of aliphatic hydroxyl groups is 1. The van der Waals surface area contributed by atoms with E-state index in [-0.39, 0.29) is 30.1 Å². The van der Waals surface area contributed by atoms with Gasteiger partial charge in [0.1, 0.15) is 6.10 Å². The summed E-state index contributed by atoms with van der Waals surface area (Å²) in [5.41, 5.74) is -0.435. The number of nitrogens with zero attached hydrogens (tertiary/aromatic N) is 1. The van der Waals surface area contributed by atoms with Gasteiger partial charge in [-0.1, -0.05) is 169 Å². The maximum Gasteiger partial charge on any atom is 0.311 e. The number of hydrogen-bond acceptors (Lipinski definition) is 6. The van der Waals surface area contributed by atoms with Gasteiger partial charge in [-0.15, -0.1) is 0 Å². The first-order valence-corrected chi connectivity index (χ1v) is 24.7. The zero-order chi connectivity index (χ0) is 41.6. The second kappa shape index (κ2) is 38.1. The molecular formula is C50H99NO5. The van der Waals surface area contributed by atoms with Crippen LogP contribution in [0.2, 0.25) is 0 Å². The maximum atomic E-state index is 13.4. The Kier molecular flexibility index (Phi) is 37.3. The Morgan fingerprint density at radius 3 is 1.45 bits per heavy atom. The topological polar surface area (TPSA) is 76.1 Å². The first-order valence-electron chi connectivity index (χ1n) is 24.7. The average Bonchev–Trinajstić information content (AvgIpc) is 3.17. The van der Waals surface area contributed by atoms with Crippen molar-refractivity contribution in [2.45, 2.75) is 266 Å². The Labute approximate surface area is 350 Å². The molecule has 0 spiro atoms. The van der Waals surface area contributed by atoms with E-state index in [1.54, 1.807) is 0 Å². The van der Waals surface area contributed by atoms with Gasteiger partial charge < -0.3 is 19.5 Å². The van der Waals surface area contributed by atoms with Crippen molar-refractivity contribution in [2.75, 3.05) is 32.8 Å². The summed E-state index contributed by atoms with van der Waals surface area (Å²) in [6.07, 6.45) is 38.5. The van der Waals surface area contributed by atoms with Crippen molar-refractivity contribution in [3.05, 3.63) is 0 Å². The molecule has 0 aromatic carbocycles. The Balaban J connectivity index is 4.51. The SMILES string of the molecule is CCCCCCCCCCC(=O)OCC(C)(C)CCCCN(CCCCO)CCCCCCC(C)(C)C(=O)OC(CCCCCCCC)CCCCCCCC. The number of hydrogen-bond donors (Lipinski definition) is 1. The Morgan fingerprint density at radius 1 is 0.518 bits per heavy atom. The van der Waals surface area contributed by atoms with Crippen LogP contribution >= 0.6 is 0 Å². The van der Waals surface area contributed by atoms with Crippen molar-refractivity contribution in [3.8, 4) is 0 Å². The molecule has 6 heteroatoms. The van der Waals surface area contributed by atoms with Gasteiger partial charge in [0.05, 0.1) is 12.0 Å². The highest BCUT2D eigenvalue weighted by Gasteiger charge is 2.31. The summed E-state index contributed by atoms with van der Waals surface area (Å²) in [4.78, 5) is 28.4. The Hall–Kier alpha value is -1.14. The van der Waals surface area contributed by atoms with Crippen LogP contribution in [0, 0.1) is 10.8 Å². The third-order valence-electron chi connectivity index (χ3n) is 11.9. The van der Waals surface area contributed by atoms with Crippen LogP contribution in [0.15, 0.2) is 0 Å². The number of carbonyl (C=O) groups is 2. The first kappa shape index (κ1) is 54.9. The molecule has 0 aliphatic heterocycles. The molecule has 0 bridgehead atoms. The van der Waals surface area contributed by atoms with Gasteiger partial charge in [-0.25, -0.2) is 0 Å². The van der Waals surface area contributed by atoms with Crippen LogP contribution in [0.5, 0.6) is 0 Å². The van der Waals surface area contributed by atoms with Crippen molar-refractivity contribution in [1.82, 2.24) is 4.90 Å². The smallest absolute Gasteiger partial charge is 0.311 e. The molecule has 0 saturated carbocycles. The highest BCUT2D eigenvalue weighted by atomic mass is 16.5. The zero-order valence-corrected chi connectivity index (χ0v) is 39.0. The van der Waals surface area contributed by atoms with E-state index >= 15 is 0 Å². The molecule has 0 radical (unpaired) electrons. The fourth-order valence-electron chi connectivity index (χ4n) is 7.78. The van der Waals surface area contributed by atoms with Crippen LogP contribution in [-0.4, -0.2) is 60.9 Å². The number of unbranched alkanes of at least 4 members (excludes halogenated alkanes) is 22. The fraction of sp³-hybridized carbons (Fsp3) is 0.960. The summed E-state index contributed by atoms with van der Waals surface area (Å²) >= 11 is 0. The molecule has 0 fully saturated rings.